The van der Waals surface area contributed by atoms with Gasteiger partial charge in [0.25, 0.3) is 0 Å². The Bertz CT molecular complexity index is 379. The van der Waals surface area contributed by atoms with Crippen LogP contribution in [0.1, 0.15) is 37.8 Å². The quantitative estimate of drug-likeness (QED) is 0.618. The highest BCUT2D eigenvalue weighted by Gasteiger charge is 1.99. The molecule has 0 spiro atoms. The van der Waals surface area contributed by atoms with Crippen molar-refractivity contribution in [2.45, 2.75) is 40.5 Å². The molecule has 0 bridgehead atoms. The van der Waals surface area contributed by atoms with Crippen LogP contribution in [-0.4, -0.2) is 0 Å². The molecule has 0 nitrogen and oxygen atoms in total. The number of allylic oxidation sites excluding steroid dienone is 4. The smallest absolute Gasteiger partial charge is 0.0224 e. The maximum absolute atomic E-state index is 2.34. The van der Waals surface area contributed by atoms with Crippen molar-refractivity contribution in [3.63, 3.8) is 0 Å². The van der Waals surface area contributed by atoms with Gasteiger partial charge < -0.3 is 0 Å². The summed E-state index contributed by atoms with van der Waals surface area (Å²) >= 11 is 0. The molecule has 1 unspecified atom stereocenters. The molecule has 1 aliphatic carbocycles. The van der Waals surface area contributed by atoms with Crippen LogP contribution >= 0.6 is 0 Å². The van der Waals surface area contributed by atoms with Crippen molar-refractivity contribution < 1.29 is 0 Å². The Morgan fingerprint density at radius 1 is 1.18 bits per heavy atom. The average molecular weight is 228 g/mol. The van der Waals surface area contributed by atoms with Crippen LogP contribution in [0.25, 0.3) is 0 Å². The topological polar surface area (TPSA) is 0 Å². The Labute approximate surface area is 106 Å². The molecule has 0 amide bonds. The lowest BCUT2D eigenvalue weighted by molar-refractivity contribution is 0.727. The Hall–Kier alpha value is -1.30. The Balaban J connectivity index is 0.000000171. The summed E-state index contributed by atoms with van der Waals surface area (Å²) in [5, 5.41) is 0. The molecule has 0 N–H and O–H groups in total. The second kappa shape index (κ2) is 7.11. The number of aryl methyl sites for hydroxylation is 2. The molecule has 0 aromatic heterocycles. The van der Waals surface area contributed by atoms with Gasteiger partial charge in [-0.05, 0) is 32.6 Å². The van der Waals surface area contributed by atoms with Gasteiger partial charge >= 0.3 is 0 Å². The van der Waals surface area contributed by atoms with E-state index in [9.17, 15) is 0 Å². The lowest BCUT2D eigenvalue weighted by Crippen LogP contribution is -1.92. The van der Waals surface area contributed by atoms with Gasteiger partial charge in [-0.1, -0.05) is 73.0 Å². The van der Waals surface area contributed by atoms with Crippen molar-refractivity contribution in [1.29, 1.82) is 0 Å². The number of benzene rings is 1. The Morgan fingerprint density at radius 2 is 1.82 bits per heavy atom. The van der Waals surface area contributed by atoms with E-state index >= 15 is 0 Å². The summed E-state index contributed by atoms with van der Waals surface area (Å²) in [5.41, 5.74) is 4.17. The average Bonchev–Trinajstić information content (AvgIpc) is 2.30. The van der Waals surface area contributed by atoms with Crippen LogP contribution in [0.15, 0.2) is 48.1 Å². The third kappa shape index (κ3) is 5.53. The van der Waals surface area contributed by atoms with Gasteiger partial charge in [-0.15, -0.1) is 0 Å². The van der Waals surface area contributed by atoms with Crippen LogP contribution in [-0.2, 0) is 0 Å². The van der Waals surface area contributed by atoms with E-state index in [1.165, 1.54) is 29.5 Å². The number of hydrogen-bond acceptors (Lipinski definition) is 0. The van der Waals surface area contributed by atoms with Crippen molar-refractivity contribution in [3.8, 4) is 0 Å². The van der Waals surface area contributed by atoms with Crippen molar-refractivity contribution in [1.82, 2.24) is 0 Å². The first-order valence-corrected chi connectivity index (χ1v) is 6.52. The first-order valence-electron chi connectivity index (χ1n) is 6.52. The zero-order valence-corrected chi connectivity index (χ0v) is 11.5. The highest BCUT2D eigenvalue weighted by molar-refractivity contribution is 5.22. The minimum absolute atomic E-state index is 0.764. The van der Waals surface area contributed by atoms with Crippen LogP contribution in [0, 0.1) is 19.8 Å². The van der Waals surface area contributed by atoms with Gasteiger partial charge in [0.1, 0.15) is 0 Å². The Morgan fingerprint density at radius 3 is 2.18 bits per heavy atom. The normalized spacial score (nSPS) is 18.1. The summed E-state index contributed by atoms with van der Waals surface area (Å²) in [4.78, 5) is 0. The summed E-state index contributed by atoms with van der Waals surface area (Å²) in [6.07, 6.45) is 9.29. The minimum Gasteiger partial charge on any atom is -0.0811 e. The summed E-state index contributed by atoms with van der Waals surface area (Å²) in [6.45, 7) is 8.66. The third-order valence-corrected chi connectivity index (χ3v) is 2.97. The second-order valence-electron chi connectivity index (χ2n) is 4.86. The van der Waals surface area contributed by atoms with Crippen molar-refractivity contribution >= 4 is 0 Å². The molecular formula is C17H24. The van der Waals surface area contributed by atoms with Gasteiger partial charge in [-0.2, -0.15) is 0 Å². The molecule has 0 radical (unpaired) electrons. The highest BCUT2D eigenvalue weighted by Crippen LogP contribution is 2.16. The number of rotatable bonds is 1. The van der Waals surface area contributed by atoms with Gasteiger partial charge in [0.15, 0.2) is 0 Å². The fraction of sp³-hybridized carbons (Fsp3) is 0.412. The minimum atomic E-state index is 0.764. The predicted octanol–water partition coefficient (Wildman–Crippen LogP) is 5.22. The first kappa shape index (κ1) is 13.8. The van der Waals surface area contributed by atoms with Gasteiger partial charge in [-0.3, -0.25) is 0 Å². The molecule has 0 aliphatic heterocycles. The van der Waals surface area contributed by atoms with Gasteiger partial charge in [0, 0.05) is 0 Å². The lowest BCUT2D eigenvalue weighted by Gasteiger charge is -2.09. The summed E-state index contributed by atoms with van der Waals surface area (Å²) < 4.78 is 0. The second-order valence-corrected chi connectivity index (χ2v) is 4.86. The molecule has 2 rings (SSSR count). The zero-order valence-electron chi connectivity index (χ0n) is 11.5. The molecule has 0 fully saturated rings. The molecule has 0 saturated carbocycles. The van der Waals surface area contributed by atoms with Gasteiger partial charge in [0.05, 0.1) is 0 Å². The Kier molecular flexibility index (Phi) is 5.76. The summed E-state index contributed by atoms with van der Waals surface area (Å²) in [6, 6.07) is 8.45. The van der Waals surface area contributed by atoms with Crippen molar-refractivity contribution in [2.24, 2.45) is 5.92 Å². The lowest BCUT2D eigenvalue weighted by atomic mass is 9.97. The summed E-state index contributed by atoms with van der Waals surface area (Å²) in [5.74, 6) is 0.764. The van der Waals surface area contributed by atoms with Gasteiger partial charge in [-0.25, -0.2) is 0 Å². The number of hydrogen-bond donors (Lipinski definition) is 0. The molecule has 1 aromatic rings. The SMILES string of the molecule is CCC1=CCC(C)C=C1.Cc1cccc(C)c1. The van der Waals surface area contributed by atoms with Crippen LogP contribution in [0.5, 0.6) is 0 Å². The van der Waals surface area contributed by atoms with Crippen molar-refractivity contribution in [3.05, 3.63) is 59.2 Å². The summed E-state index contributed by atoms with van der Waals surface area (Å²) in [7, 11) is 0. The van der Waals surface area contributed by atoms with E-state index < -0.39 is 0 Å². The van der Waals surface area contributed by atoms with Crippen LogP contribution < -0.4 is 0 Å². The van der Waals surface area contributed by atoms with Gasteiger partial charge in [0.2, 0.25) is 0 Å². The molecule has 0 heterocycles. The molecule has 1 atom stereocenters. The van der Waals surface area contributed by atoms with Crippen LogP contribution in [0.4, 0.5) is 0 Å². The van der Waals surface area contributed by atoms with E-state index in [4.69, 9.17) is 0 Å². The van der Waals surface area contributed by atoms with E-state index in [2.05, 4.69) is 70.2 Å². The molecule has 17 heavy (non-hydrogen) atoms. The molecular weight excluding hydrogens is 204 g/mol. The maximum atomic E-state index is 2.34. The monoisotopic (exact) mass is 228 g/mol. The molecule has 1 aliphatic rings. The van der Waals surface area contributed by atoms with Crippen LogP contribution in [0.2, 0.25) is 0 Å². The van der Waals surface area contributed by atoms with E-state index in [-0.39, 0.29) is 0 Å². The zero-order chi connectivity index (χ0) is 12.7. The molecule has 0 saturated heterocycles. The molecule has 0 heteroatoms. The fourth-order valence-corrected chi connectivity index (χ4v) is 1.84. The standard InChI is InChI=1S/C9H14.C8H10/c1-3-9-6-4-8(2)5-7-9;1-7-4-3-5-8(2)6-7/h4,6-8H,3,5H2,1-2H3;3-6H,1-2H3. The maximum Gasteiger partial charge on any atom is -0.0224 e. The molecule has 92 valence electrons. The third-order valence-electron chi connectivity index (χ3n) is 2.97. The van der Waals surface area contributed by atoms with E-state index in [1.807, 2.05) is 0 Å². The van der Waals surface area contributed by atoms with E-state index in [0.717, 1.165) is 5.92 Å². The predicted molar refractivity (Wildman–Crippen MR) is 77.2 cm³/mol. The van der Waals surface area contributed by atoms with E-state index in [0.29, 0.717) is 0 Å². The fourth-order valence-electron chi connectivity index (χ4n) is 1.84. The van der Waals surface area contributed by atoms with E-state index in [1.54, 1.807) is 0 Å². The molecule has 1 aromatic carbocycles. The van der Waals surface area contributed by atoms with Crippen molar-refractivity contribution in [2.75, 3.05) is 0 Å². The van der Waals surface area contributed by atoms with Crippen LogP contribution in [0.3, 0.4) is 0 Å². The largest absolute Gasteiger partial charge is 0.0811 e. The highest BCUT2D eigenvalue weighted by atomic mass is 14.1. The first-order chi connectivity index (χ1) is 8.11.